The second kappa shape index (κ2) is 7.94. The highest BCUT2D eigenvalue weighted by atomic mass is 35.5. The van der Waals surface area contributed by atoms with E-state index in [1.807, 2.05) is 0 Å². The zero-order valence-electron chi connectivity index (χ0n) is 19.3. The third-order valence-corrected chi connectivity index (χ3v) is 10.6. The Labute approximate surface area is 180 Å². The highest BCUT2D eigenvalue weighted by Crippen LogP contribution is 2.67. The maximum absolute atomic E-state index is 6.52. The van der Waals surface area contributed by atoms with Crippen LogP contribution in [0.2, 0.25) is 0 Å². The summed E-state index contributed by atoms with van der Waals surface area (Å²) in [6.45, 7) is 12.7. The van der Waals surface area contributed by atoms with Crippen LogP contribution >= 0.6 is 11.6 Å². The molecule has 0 aromatic heterocycles. The number of fused-ring (bicyclic) bond motifs is 5. The summed E-state index contributed by atoms with van der Waals surface area (Å²) in [7, 11) is 0. The molecule has 4 aliphatic carbocycles. The molecular weight excluding hydrogens is 360 g/mol. The lowest BCUT2D eigenvalue weighted by Crippen LogP contribution is -2.51. The van der Waals surface area contributed by atoms with Crippen LogP contribution in [0.15, 0.2) is 11.6 Å². The predicted molar refractivity (Wildman–Crippen MR) is 123 cm³/mol. The van der Waals surface area contributed by atoms with Crippen molar-refractivity contribution >= 4 is 11.6 Å². The Morgan fingerprint density at radius 1 is 0.964 bits per heavy atom. The van der Waals surface area contributed by atoms with E-state index in [4.69, 9.17) is 11.6 Å². The first-order valence-electron chi connectivity index (χ1n) is 12.6. The summed E-state index contributed by atoms with van der Waals surface area (Å²) in [6.07, 6.45) is 18.1. The van der Waals surface area contributed by atoms with Crippen molar-refractivity contribution in [1.29, 1.82) is 0 Å². The van der Waals surface area contributed by atoms with Gasteiger partial charge in [-0.25, -0.2) is 0 Å². The van der Waals surface area contributed by atoms with Crippen LogP contribution in [0.1, 0.15) is 105 Å². The molecule has 1 heteroatoms. The van der Waals surface area contributed by atoms with Gasteiger partial charge in [-0.3, -0.25) is 0 Å². The Bertz CT molecular complexity index is 591. The third-order valence-electron chi connectivity index (χ3n) is 10.3. The molecule has 0 amide bonds. The summed E-state index contributed by atoms with van der Waals surface area (Å²) < 4.78 is 0. The number of allylic oxidation sites excluding steroid dienone is 2. The molecule has 0 spiro atoms. The average molecular weight is 405 g/mol. The Morgan fingerprint density at radius 2 is 1.75 bits per heavy atom. The first kappa shape index (κ1) is 21.3. The van der Waals surface area contributed by atoms with Crippen LogP contribution in [0.3, 0.4) is 0 Å². The molecule has 3 fully saturated rings. The molecule has 160 valence electrons. The summed E-state index contributed by atoms with van der Waals surface area (Å²) in [6, 6.07) is 0. The van der Waals surface area contributed by atoms with Gasteiger partial charge in [-0.05, 0) is 97.7 Å². The lowest BCUT2D eigenvalue weighted by Gasteiger charge is -2.59. The van der Waals surface area contributed by atoms with Crippen LogP contribution in [0.5, 0.6) is 0 Å². The number of hydrogen-bond donors (Lipinski definition) is 0. The maximum Gasteiger partial charge on any atom is 0.0519 e. The molecule has 0 radical (unpaired) electrons. The summed E-state index contributed by atoms with van der Waals surface area (Å²) in [4.78, 5) is 0. The largest absolute Gasteiger partial charge is 0.118 e. The van der Waals surface area contributed by atoms with Gasteiger partial charge in [-0.15, -0.1) is 11.6 Å². The molecule has 0 aromatic carbocycles. The van der Waals surface area contributed by atoms with E-state index in [1.165, 1.54) is 70.6 Å². The van der Waals surface area contributed by atoms with Crippen molar-refractivity contribution in [2.75, 3.05) is 0 Å². The van der Waals surface area contributed by atoms with Crippen LogP contribution < -0.4 is 0 Å². The molecule has 4 aliphatic rings. The van der Waals surface area contributed by atoms with Gasteiger partial charge in [0, 0.05) is 0 Å². The van der Waals surface area contributed by atoms with Gasteiger partial charge >= 0.3 is 0 Å². The van der Waals surface area contributed by atoms with E-state index in [0.29, 0.717) is 16.2 Å². The number of halogens is 1. The number of hydrogen-bond acceptors (Lipinski definition) is 0. The fourth-order valence-electron chi connectivity index (χ4n) is 8.71. The Hall–Kier alpha value is 0.0300. The minimum atomic E-state index is 0.302. The fourth-order valence-corrected chi connectivity index (χ4v) is 8.97. The predicted octanol–water partition coefficient (Wildman–Crippen LogP) is 8.64. The van der Waals surface area contributed by atoms with Gasteiger partial charge in [0.15, 0.2) is 0 Å². The second-order valence-corrected chi connectivity index (χ2v) is 12.7. The van der Waals surface area contributed by atoms with Crippen molar-refractivity contribution in [3.05, 3.63) is 11.6 Å². The van der Waals surface area contributed by atoms with E-state index >= 15 is 0 Å². The molecule has 8 atom stereocenters. The van der Waals surface area contributed by atoms with E-state index in [-0.39, 0.29) is 0 Å². The van der Waals surface area contributed by atoms with Crippen molar-refractivity contribution in [1.82, 2.24) is 0 Å². The Balaban J connectivity index is 1.48. The van der Waals surface area contributed by atoms with E-state index in [2.05, 4.69) is 40.7 Å². The van der Waals surface area contributed by atoms with Crippen molar-refractivity contribution in [3.8, 4) is 0 Å². The van der Waals surface area contributed by atoms with E-state index in [1.54, 1.807) is 5.57 Å². The normalized spacial score (nSPS) is 46.5. The Morgan fingerprint density at radius 3 is 2.50 bits per heavy atom. The van der Waals surface area contributed by atoms with Crippen LogP contribution in [-0.4, -0.2) is 5.38 Å². The molecule has 4 rings (SSSR count). The van der Waals surface area contributed by atoms with Gasteiger partial charge in [0.1, 0.15) is 0 Å². The van der Waals surface area contributed by atoms with Crippen LogP contribution in [-0.2, 0) is 0 Å². The van der Waals surface area contributed by atoms with Gasteiger partial charge in [-0.2, -0.15) is 0 Å². The Kier molecular flexibility index (Phi) is 6.03. The topological polar surface area (TPSA) is 0 Å². The molecule has 0 saturated heterocycles. The van der Waals surface area contributed by atoms with Gasteiger partial charge in [0.2, 0.25) is 0 Å². The highest BCUT2D eigenvalue weighted by molar-refractivity contribution is 6.21. The SMILES string of the molecule is CC(C)CCC[C@@H](C)[C@H]1CC[C@H]2[C@@H]3CCC4=C[C@H](Cl)CC[C@]4(C)[C@H]3CC[C@]12C. The van der Waals surface area contributed by atoms with Crippen LogP contribution in [0.25, 0.3) is 0 Å². The van der Waals surface area contributed by atoms with Gasteiger partial charge < -0.3 is 0 Å². The molecule has 28 heavy (non-hydrogen) atoms. The first-order chi connectivity index (χ1) is 13.3. The summed E-state index contributed by atoms with van der Waals surface area (Å²) >= 11 is 6.52. The molecule has 0 aromatic rings. The molecule has 0 nitrogen and oxygen atoms in total. The van der Waals surface area contributed by atoms with Gasteiger partial charge in [0.05, 0.1) is 5.38 Å². The smallest absolute Gasteiger partial charge is 0.0519 e. The van der Waals surface area contributed by atoms with E-state index in [9.17, 15) is 0 Å². The summed E-state index contributed by atoms with van der Waals surface area (Å²) in [5.41, 5.74) is 2.83. The molecule has 0 unspecified atom stereocenters. The van der Waals surface area contributed by atoms with Crippen molar-refractivity contribution in [2.45, 2.75) is 111 Å². The zero-order valence-corrected chi connectivity index (χ0v) is 20.0. The number of alkyl halides is 1. The third kappa shape index (κ3) is 3.52. The standard InChI is InChI=1S/C27H45Cl/c1-18(2)7-6-8-19(3)23-11-12-24-22-10-9-20-17-21(28)13-15-26(20,4)25(22)14-16-27(23,24)5/h17-19,21-25H,6-16H2,1-5H3/t19-,21-,22+,23-,24+,25+,26+,27-/m1/s1. The highest BCUT2D eigenvalue weighted by Gasteiger charge is 2.59. The lowest BCUT2D eigenvalue weighted by atomic mass is 9.46. The molecule has 0 heterocycles. The van der Waals surface area contributed by atoms with Crippen molar-refractivity contribution < 1.29 is 0 Å². The summed E-state index contributed by atoms with van der Waals surface area (Å²) in [5, 5.41) is 0.302. The van der Waals surface area contributed by atoms with Gasteiger partial charge in [-0.1, -0.05) is 65.5 Å². The molecule has 3 saturated carbocycles. The van der Waals surface area contributed by atoms with Crippen LogP contribution in [0.4, 0.5) is 0 Å². The second-order valence-electron chi connectivity index (χ2n) is 12.1. The fraction of sp³-hybridized carbons (Fsp3) is 0.926. The molecule has 0 N–H and O–H groups in total. The van der Waals surface area contributed by atoms with E-state index in [0.717, 1.165) is 35.5 Å². The average Bonchev–Trinajstić information content (AvgIpc) is 2.99. The van der Waals surface area contributed by atoms with E-state index < -0.39 is 0 Å². The first-order valence-corrected chi connectivity index (χ1v) is 13.0. The maximum atomic E-state index is 6.52. The summed E-state index contributed by atoms with van der Waals surface area (Å²) in [5.74, 6) is 5.68. The molecule has 0 bridgehead atoms. The van der Waals surface area contributed by atoms with Crippen molar-refractivity contribution in [2.24, 2.45) is 46.3 Å². The molecule has 0 aliphatic heterocycles. The quantitative estimate of drug-likeness (QED) is 0.317. The minimum absolute atomic E-state index is 0.302. The lowest BCUT2D eigenvalue weighted by molar-refractivity contribution is -0.0591. The number of rotatable bonds is 5. The minimum Gasteiger partial charge on any atom is -0.118 e. The molecular formula is C27H45Cl. The monoisotopic (exact) mass is 404 g/mol. The van der Waals surface area contributed by atoms with Crippen molar-refractivity contribution in [3.63, 3.8) is 0 Å². The van der Waals surface area contributed by atoms with Crippen LogP contribution in [0, 0.1) is 46.3 Å². The zero-order chi connectivity index (χ0) is 20.1. The van der Waals surface area contributed by atoms with Gasteiger partial charge in [0.25, 0.3) is 0 Å².